The first-order valence-electron chi connectivity index (χ1n) is 6.45. The highest BCUT2D eigenvalue weighted by Gasteiger charge is 2.27. The summed E-state index contributed by atoms with van der Waals surface area (Å²) < 4.78 is 0. The topological polar surface area (TPSA) is 37.8 Å². The van der Waals surface area contributed by atoms with Crippen molar-refractivity contribution >= 4 is 39.1 Å². The summed E-state index contributed by atoms with van der Waals surface area (Å²) >= 11 is 3.74. The van der Waals surface area contributed by atoms with Crippen molar-refractivity contribution in [2.75, 3.05) is 11.1 Å². The normalized spacial score (nSPS) is 23.6. The van der Waals surface area contributed by atoms with Crippen LogP contribution in [0.1, 0.15) is 26.2 Å². The third-order valence-electron chi connectivity index (χ3n) is 3.42. The van der Waals surface area contributed by atoms with E-state index in [4.69, 9.17) is 0 Å². The van der Waals surface area contributed by atoms with Gasteiger partial charge in [0, 0.05) is 11.3 Å². The first kappa shape index (κ1) is 12.2. The summed E-state index contributed by atoms with van der Waals surface area (Å²) in [4.78, 5) is 9.78. The van der Waals surface area contributed by atoms with Gasteiger partial charge in [0.05, 0.1) is 5.39 Å². The summed E-state index contributed by atoms with van der Waals surface area (Å²) in [5, 5.41) is 7.62. The quantitative estimate of drug-likeness (QED) is 0.924. The molecule has 0 aromatic carbocycles. The molecule has 18 heavy (non-hydrogen) atoms. The fourth-order valence-corrected chi connectivity index (χ4v) is 4.52. The van der Waals surface area contributed by atoms with Gasteiger partial charge >= 0.3 is 0 Å². The second kappa shape index (κ2) is 5.45. The van der Waals surface area contributed by atoms with E-state index in [1.54, 1.807) is 17.7 Å². The molecule has 0 bridgehead atoms. The smallest absolute Gasteiger partial charge is 0.138 e. The Hall–Kier alpha value is -0.810. The summed E-state index contributed by atoms with van der Waals surface area (Å²) in [6.07, 6.45) is 5.58. The van der Waals surface area contributed by atoms with Crippen molar-refractivity contribution in [3.8, 4) is 0 Å². The number of nitrogens with zero attached hydrogens (tertiary/aromatic N) is 2. The standard InChI is InChI=1S/C13H17N3S2/c1-2-17-11-5-3-4-10(11)16-12-9-6-7-18-13(9)15-8-14-12/h6-8,10-11H,2-5H2,1H3,(H,14,15,16). The van der Waals surface area contributed by atoms with Crippen LogP contribution in [0.25, 0.3) is 10.2 Å². The molecule has 2 atom stereocenters. The third kappa shape index (κ3) is 2.34. The van der Waals surface area contributed by atoms with E-state index in [1.807, 2.05) is 0 Å². The van der Waals surface area contributed by atoms with E-state index in [0.717, 1.165) is 21.3 Å². The zero-order valence-corrected chi connectivity index (χ0v) is 12.1. The fraction of sp³-hybridized carbons (Fsp3) is 0.538. The highest BCUT2D eigenvalue weighted by atomic mass is 32.2. The highest BCUT2D eigenvalue weighted by molar-refractivity contribution is 7.99. The number of thiophene rings is 1. The van der Waals surface area contributed by atoms with Gasteiger partial charge in [-0.2, -0.15) is 11.8 Å². The summed E-state index contributed by atoms with van der Waals surface area (Å²) in [5.41, 5.74) is 0. The molecule has 0 spiro atoms. The molecular formula is C13H17N3S2. The number of thioether (sulfide) groups is 1. The van der Waals surface area contributed by atoms with Crippen LogP contribution in [0.4, 0.5) is 5.82 Å². The number of rotatable bonds is 4. The van der Waals surface area contributed by atoms with Crippen LogP contribution in [-0.2, 0) is 0 Å². The summed E-state index contributed by atoms with van der Waals surface area (Å²) in [6, 6.07) is 2.67. The Morgan fingerprint density at radius 3 is 3.28 bits per heavy atom. The molecule has 2 unspecified atom stereocenters. The van der Waals surface area contributed by atoms with Crippen molar-refractivity contribution in [3.05, 3.63) is 17.8 Å². The van der Waals surface area contributed by atoms with Gasteiger partial charge in [-0.15, -0.1) is 11.3 Å². The minimum Gasteiger partial charge on any atom is -0.366 e. The molecule has 3 nitrogen and oxygen atoms in total. The summed E-state index contributed by atoms with van der Waals surface area (Å²) in [6.45, 7) is 2.24. The van der Waals surface area contributed by atoms with Crippen molar-refractivity contribution < 1.29 is 0 Å². The second-order valence-electron chi connectivity index (χ2n) is 4.54. The van der Waals surface area contributed by atoms with Crippen molar-refractivity contribution in [2.24, 2.45) is 0 Å². The molecule has 0 aliphatic heterocycles. The van der Waals surface area contributed by atoms with E-state index in [2.05, 4.69) is 45.4 Å². The SMILES string of the molecule is CCSC1CCCC1Nc1ncnc2sccc12. The van der Waals surface area contributed by atoms with E-state index in [9.17, 15) is 0 Å². The number of fused-ring (bicyclic) bond motifs is 1. The maximum atomic E-state index is 4.41. The predicted octanol–water partition coefficient (Wildman–Crippen LogP) is 3.78. The molecule has 2 aromatic rings. The lowest BCUT2D eigenvalue weighted by Gasteiger charge is -2.20. The van der Waals surface area contributed by atoms with Gasteiger partial charge in [0.2, 0.25) is 0 Å². The molecule has 0 saturated heterocycles. The lowest BCUT2D eigenvalue weighted by Crippen LogP contribution is -2.26. The minimum absolute atomic E-state index is 0.563. The Kier molecular flexibility index (Phi) is 3.70. The minimum atomic E-state index is 0.563. The van der Waals surface area contributed by atoms with Crippen LogP contribution in [-0.4, -0.2) is 27.0 Å². The maximum Gasteiger partial charge on any atom is 0.138 e. The van der Waals surface area contributed by atoms with Crippen LogP contribution >= 0.6 is 23.1 Å². The van der Waals surface area contributed by atoms with Gasteiger partial charge in [-0.3, -0.25) is 0 Å². The van der Waals surface area contributed by atoms with Gasteiger partial charge in [-0.1, -0.05) is 13.3 Å². The molecular weight excluding hydrogens is 262 g/mol. The zero-order chi connectivity index (χ0) is 12.4. The number of nitrogens with one attached hydrogen (secondary N) is 1. The van der Waals surface area contributed by atoms with Gasteiger partial charge in [0.15, 0.2) is 0 Å². The number of aromatic nitrogens is 2. The van der Waals surface area contributed by atoms with Crippen LogP contribution in [0.3, 0.4) is 0 Å². The monoisotopic (exact) mass is 279 g/mol. The molecule has 1 aliphatic rings. The largest absolute Gasteiger partial charge is 0.366 e. The lowest BCUT2D eigenvalue weighted by molar-refractivity contribution is 0.763. The van der Waals surface area contributed by atoms with Crippen molar-refractivity contribution in [1.29, 1.82) is 0 Å². The van der Waals surface area contributed by atoms with E-state index >= 15 is 0 Å². The Morgan fingerprint density at radius 2 is 2.39 bits per heavy atom. The molecule has 5 heteroatoms. The van der Waals surface area contributed by atoms with Crippen LogP contribution < -0.4 is 5.32 Å². The number of hydrogen-bond acceptors (Lipinski definition) is 5. The number of hydrogen-bond donors (Lipinski definition) is 1. The summed E-state index contributed by atoms with van der Waals surface area (Å²) in [7, 11) is 0. The Balaban J connectivity index is 1.81. The average Bonchev–Trinajstić information content (AvgIpc) is 3.00. The second-order valence-corrected chi connectivity index (χ2v) is 6.95. The Bertz CT molecular complexity index is 526. The average molecular weight is 279 g/mol. The van der Waals surface area contributed by atoms with Gasteiger partial charge in [0.25, 0.3) is 0 Å². The molecule has 1 N–H and O–H groups in total. The first-order chi connectivity index (χ1) is 8.88. The summed E-state index contributed by atoms with van der Waals surface area (Å²) in [5.74, 6) is 2.20. The van der Waals surface area contributed by atoms with E-state index < -0.39 is 0 Å². The highest BCUT2D eigenvalue weighted by Crippen LogP contribution is 2.33. The Labute approximate surface area is 115 Å². The van der Waals surface area contributed by atoms with E-state index in [-0.39, 0.29) is 0 Å². The maximum absolute atomic E-state index is 4.41. The van der Waals surface area contributed by atoms with Crippen LogP contribution in [0, 0.1) is 0 Å². The molecule has 1 fully saturated rings. The van der Waals surface area contributed by atoms with Gasteiger partial charge in [0.1, 0.15) is 17.0 Å². The molecule has 2 aromatic heterocycles. The van der Waals surface area contributed by atoms with Crippen LogP contribution in [0.5, 0.6) is 0 Å². The molecule has 1 saturated carbocycles. The van der Waals surface area contributed by atoms with Crippen molar-refractivity contribution in [3.63, 3.8) is 0 Å². The molecule has 0 amide bonds. The zero-order valence-electron chi connectivity index (χ0n) is 10.4. The van der Waals surface area contributed by atoms with Crippen LogP contribution in [0.15, 0.2) is 17.8 Å². The van der Waals surface area contributed by atoms with Gasteiger partial charge in [-0.05, 0) is 30.0 Å². The van der Waals surface area contributed by atoms with E-state index in [1.165, 1.54) is 25.0 Å². The van der Waals surface area contributed by atoms with Gasteiger partial charge < -0.3 is 5.32 Å². The third-order valence-corrected chi connectivity index (χ3v) is 5.56. The predicted molar refractivity (Wildman–Crippen MR) is 80.6 cm³/mol. The van der Waals surface area contributed by atoms with E-state index in [0.29, 0.717) is 6.04 Å². The molecule has 2 heterocycles. The lowest BCUT2D eigenvalue weighted by atomic mass is 10.2. The Morgan fingerprint density at radius 1 is 1.44 bits per heavy atom. The van der Waals surface area contributed by atoms with Crippen molar-refractivity contribution in [2.45, 2.75) is 37.5 Å². The van der Waals surface area contributed by atoms with Crippen molar-refractivity contribution in [1.82, 2.24) is 9.97 Å². The van der Waals surface area contributed by atoms with Gasteiger partial charge in [-0.25, -0.2) is 9.97 Å². The van der Waals surface area contributed by atoms with Crippen LogP contribution in [0.2, 0.25) is 0 Å². The number of anilines is 1. The molecule has 3 rings (SSSR count). The molecule has 1 aliphatic carbocycles. The molecule has 96 valence electrons. The molecule has 0 radical (unpaired) electrons. The fourth-order valence-electron chi connectivity index (χ4n) is 2.59. The first-order valence-corrected chi connectivity index (χ1v) is 8.37.